The number of aromatic amines is 1. The molecule has 9 heavy (non-hydrogen) atoms. The third kappa shape index (κ3) is 5.05. The fourth-order valence-corrected chi connectivity index (χ4v) is 0.377. The van der Waals surface area contributed by atoms with Crippen molar-refractivity contribution in [1.82, 2.24) is 4.98 Å². The average Bonchev–Trinajstić information content (AvgIpc) is 1.69. The molecule has 0 aliphatic heterocycles. The second kappa shape index (κ2) is 6.70. The van der Waals surface area contributed by atoms with Gasteiger partial charge in [-0.1, -0.05) is 6.07 Å². The number of aromatic nitrogens is 1. The molecule has 0 fully saturated rings. The van der Waals surface area contributed by atoms with Gasteiger partial charge in [0.05, 0.1) is 0 Å². The van der Waals surface area contributed by atoms with Gasteiger partial charge in [-0.15, -0.1) is 0 Å². The first-order valence-electron chi connectivity index (χ1n) is 2.03. The zero-order valence-electron chi connectivity index (χ0n) is 5.72. The van der Waals surface area contributed by atoms with Crippen LogP contribution >= 0.6 is 0 Å². The van der Waals surface area contributed by atoms with Gasteiger partial charge in [0.1, 0.15) is 0 Å². The van der Waals surface area contributed by atoms with Gasteiger partial charge in [0, 0.05) is 12.3 Å². The van der Waals surface area contributed by atoms with Crippen LogP contribution in [0.2, 0.25) is 0 Å². The third-order valence-electron chi connectivity index (χ3n) is 0.681. The Balaban J connectivity index is 0. The van der Waals surface area contributed by atoms with Gasteiger partial charge in [-0.05, 0) is 6.07 Å². The maximum Gasteiger partial charge on any atom is 1.00 e. The molecule has 1 aromatic heterocycles. The predicted molar refractivity (Wildman–Crippen MR) is 33.5 cm³/mol. The summed E-state index contributed by atoms with van der Waals surface area (Å²) in [6.07, 6.45) is 1.60. The summed E-state index contributed by atoms with van der Waals surface area (Å²) in [5.74, 6) is 0. The Hall–Kier alpha value is 0.586. The van der Waals surface area contributed by atoms with E-state index in [9.17, 15) is 4.79 Å². The Morgan fingerprint density at radius 3 is 2.22 bits per heavy atom. The van der Waals surface area contributed by atoms with Crippen LogP contribution in [0.1, 0.15) is 0 Å². The van der Waals surface area contributed by atoms with Crippen molar-refractivity contribution in [2.24, 2.45) is 0 Å². The number of hydrogen-bond acceptors (Lipinski definition) is 1. The number of rotatable bonds is 0. The summed E-state index contributed by atoms with van der Waals surface area (Å²) >= 11 is 0. The van der Waals surface area contributed by atoms with E-state index in [0.717, 1.165) is 0 Å². The summed E-state index contributed by atoms with van der Waals surface area (Å²) in [5, 5.41) is 0. The number of H-pyrrole nitrogens is 1. The zero-order chi connectivity index (χ0) is 5.11. The van der Waals surface area contributed by atoms with Crippen LogP contribution in [-0.2, 0) is 0 Å². The summed E-state index contributed by atoms with van der Waals surface area (Å²) < 4.78 is 0. The van der Waals surface area contributed by atoms with Gasteiger partial charge < -0.3 is 12.4 Å². The predicted octanol–water partition coefficient (Wildman–Crippen LogP) is -2.17. The molecular weight excluding hydrogens is 141 g/mol. The van der Waals surface area contributed by atoms with Gasteiger partial charge in [0.15, 0.2) is 0 Å². The molecule has 0 spiro atoms. The number of hydrogen-bond donors (Lipinski definition) is 1. The number of pyridine rings is 1. The smallest absolute Gasteiger partial charge is 0.358 e. The molecule has 0 aliphatic carbocycles. The molecule has 0 bridgehead atoms. The first-order chi connectivity index (χ1) is 3.39. The Morgan fingerprint density at radius 2 is 2.00 bits per heavy atom. The summed E-state index contributed by atoms with van der Waals surface area (Å²) in [6, 6.07) is 4.93. The van der Waals surface area contributed by atoms with E-state index in [1.807, 2.05) is 0 Å². The average molecular weight is 149 g/mol. The van der Waals surface area contributed by atoms with Crippen LogP contribution in [0.25, 0.3) is 0 Å². The topological polar surface area (TPSA) is 32.9 Å². The quantitative estimate of drug-likeness (QED) is 0.330. The van der Waals surface area contributed by atoms with Crippen molar-refractivity contribution < 1.29 is 51.4 Å². The van der Waals surface area contributed by atoms with E-state index < -0.39 is 0 Å². The maximum absolute atomic E-state index is 10.2. The molecule has 3 heteroatoms. The van der Waals surface area contributed by atoms with Crippen LogP contribution in [-0.4, -0.2) is 4.98 Å². The Labute approximate surface area is 97.1 Å². The second-order valence-electron chi connectivity index (χ2n) is 1.23. The molecule has 0 aliphatic rings. The minimum atomic E-state index is -0.0532. The molecule has 0 atom stereocenters. The van der Waals surface area contributed by atoms with E-state index >= 15 is 0 Å². The van der Waals surface area contributed by atoms with Crippen molar-refractivity contribution in [2.75, 3.05) is 0 Å². The first-order valence-corrected chi connectivity index (χ1v) is 2.03. The second-order valence-corrected chi connectivity index (χ2v) is 1.23. The molecule has 1 rings (SSSR count). The van der Waals surface area contributed by atoms with Crippen LogP contribution in [0, 0.1) is 7.43 Å². The monoisotopic (exact) mass is 149 g/mol. The van der Waals surface area contributed by atoms with Gasteiger partial charge in [0.2, 0.25) is 5.56 Å². The van der Waals surface area contributed by atoms with Gasteiger partial charge in [-0.2, -0.15) is 0 Å². The summed E-state index contributed by atoms with van der Waals surface area (Å²) in [4.78, 5) is 12.7. The van der Waals surface area contributed by atoms with E-state index in [1.165, 1.54) is 6.07 Å². The van der Waals surface area contributed by atoms with Gasteiger partial charge in [0.25, 0.3) is 0 Å². The van der Waals surface area contributed by atoms with Gasteiger partial charge in [-0.25, -0.2) is 0 Å². The molecule has 2 nitrogen and oxygen atoms in total. The van der Waals surface area contributed by atoms with Crippen molar-refractivity contribution in [1.29, 1.82) is 0 Å². The number of nitrogens with one attached hydrogen (secondary N) is 1. The van der Waals surface area contributed by atoms with Crippen molar-refractivity contribution in [3.8, 4) is 0 Å². The zero-order valence-corrected chi connectivity index (χ0v) is 8.84. The summed E-state index contributed by atoms with van der Waals surface area (Å²) in [7, 11) is 0. The molecule has 1 aromatic rings. The molecule has 1 heterocycles. The van der Waals surface area contributed by atoms with Gasteiger partial charge in [-0.3, -0.25) is 4.79 Å². The third-order valence-corrected chi connectivity index (χ3v) is 0.681. The van der Waals surface area contributed by atoms with Crippen LogP contribution in [0.3, 0.4) is 0 Å². The van der Waals surface area contributed by atoms with Crippen LogP contribution < -0.4 is 56.9 Å². The van der Waals surface area contributed by atoms with E-state index in [-0.39, 0.29) is 64.4 Å². The largest absolute Gasteiger partial charge is 1.00 e. The van der Waals surface area contributed by atoms with Crippen molar-refractivity contribution in [2.45, 2.75) is 0 Å². The van der Waals surface area contributed by atoms with Crippen molar-refractivity contribution in [3.05, 3.63) is 42.2 Å². The maximum atomic E-state index is 10.2. The van der Waals surface area contributed by atoms with E-state index in [2.05, 4.69) is 4.98 Å². The molecule has 0 saturated carbocycles. The van der Waals surface area contributed by atoms with E-state index in [0.29, 0.717) is 0 Å². The molecule has 0 radical (unpaired) electrons. The first kappa shape index (κ1) is 12.3. The fourth-order valence-electron chi connectivity index (χ4n) is 0.377. The van der Waals surface area contributed by atoms with Crippen LogP contribution in [0.5, 0.6) is 0 Å². The Kier molecular flexibility index (Phi) is 9.15. The molecule has 0 amide bonds. The Morgan fingerprint density at radius 1 is 1.33 bits per heavy atom. The summed E-state index contributed by atoms with van der Waals surface area (Å²) in [5.41, 5.74) is -0.0532. The van der Waals surface area contributed by atoms with Crippen molar-refractivity contribution >= 4 is 0 Å². The molecule has 44 valence electrons. The summed E-state index contributed by atoms with van der Waals surface area (Å²) in [6.45, 7) is 0. The Bertz CT molecular complexity index is 179. The van der Waals surface area contributed by atoms with E-state index in [4.69, 9.17) is 0 Å². The molecule has 0 aromatic carbocycles. The molecule has 1 N–H and O–H groups in total. The standard InChI is InChI=1S/C5H5NO.CH3.K/c7-5-3-1-2-4-6-5;;/h1-4H,(H,6,7);1H3;/q;-1;+1. The van der Waals surface area contributed by atoms with E-state index in [1.54, 1.807) is 18.3 Å². The SMILES string of the molecule is O=c1cccc[nH]1.[CH3-].[K+]. The van der Waals surface area contributed by atoms with Crippen LogP contribution in [0.15, 0.2) is 29.2 Å². The molecule has 0 unspecified atom stereocenters. The normalized spacial score (nSPS) is 6.67. The van der Waals surface area contributed by atoms with Crippen LogP contribution in [0.4, 0.5) is 0 Å². The molecular formula is C6H8KNO. The minimum Gasteiger partial charge on any atom is -0.358 e. The minimum absolute atomic E-state index is 0. The van der Waals surface area contributed by atoms with Gasteiger partial charge >= 0.3 is 51.4 Å². The fraction of sp³-hybridized carbons (Fsp3) is 0. The van der Waals surface area contributed by atoms with Crippen molar-refractivity contribution in [3.63, 3.8) is 0 Å². The molecule has 0 saturated heterocycles.